The molecule has 0 bridgehead atoms. The van der Waals surface area contributed by atoms with Gasteiger partial charge in [-0.2, -0.15) is 0 Å². The lowest BCUT2D eigenvalue weighted by Gasteiger charge is -2.27. The molecule has 1 unspecified atom stereocenters. The van der Waals surface area contributed by atoms with Gasteiger partial charge in [0.25, 0.3) is 0 Å². The number of methoxy groups -OCH3 is 2. The van der Waals surface area contributed by atoms with Crippen LogP contribution < -0.4 is 9.47 Å². The molecule has 0 aliphatic carbocycles. The first-order valence-electron chi connectivity index (χ1n) is 6.62. The minimum absolute atomic E-state index is 0.145. The Balaban J connectivity index is 2.57. The molecule has 0 fully saturated rings. The Morgan fingerprint density at radius 3 is 2.29 bits per heavy atom. The van der Waals surface area contributed by atoms with Crippen molar-refractivity contribution in [2.45, 2.75) is 19.3 Å². The Bertz CT molecular complexity index is 559. The second kappa shape index (κ2) is 6.11. The van der Waals surface area contributed by atoms with Crippen LogP contribution in [-0.2, 0) is 4.79 Å². The number of hydrogen-bond acceptors (Lipinski definition) is 3. The van der Waals surface area contributed by atoms with E-state index in [1.165, 1.54) is 19.1 Å². The average Bonchev–Trinajstić information content (AvgIpc) is 2.49. The Morgan fingerprint density at radius 2 is 1.81 bits per heavy atom. The van der Waals surface area contributed by atoms with E-state index < -0.39 is 17.6 Å². The van der Waals surface area contributed by atoms with Gasteiger partial charge in [-0.1, -0.05) is 6.08 Å². The number of ether oxygens (including phenoxy) is 2. The highest BCUT2D eigenvalue weighted by Crippen LogP contribution is 2.38. The minimum Gasteiger partial charge on any atom is -0.494 e. The van der Waals surface area contributed by atoms with E-state index in [1.54, 1.807) is 19.2 Å². The molecule has 4 nitrogen and oxygen atoms in total. The SMILES string of the molecule is CCN1C=CCC(c2c(F)c(OC)cc(OC)c2F)C1=O. The first-order chi connectivity index (χ1) is 10.0. The summed E-state index contributed by atoms with van der Waals surface area (Å²) in [5.74, 6) is -3.27. The van der Waals surface area contributed by atoms with E-state index in [0.29, 0.717) is 6.54 Å². The van der Waals surface area contributed by atoms with Crippen molar-refractivity contribution in [1.82, 2.24) is 4.90 Å². The van der Waals surface area contributed by atoms with Crippen LogP contribution in [0.5, 0.6) is 11.5 Å². The molecular weight excluding hydrogens is 280 g/mol. The molecule has 1 aliphatic heterocycles. The second-order valence-electron chi connectivity index (χ2n) is 4.62. The van der Waals surface area contributed by atoms with Gasteiger partial charge >= 0.3 is 0 Å². The van der Waals surface area contributed by atoms with E-state index in [0.717, 1.165) is 6.07 Å². The maximum Gasteiger partial charge on any atom is 0.234 e. The molecular formula is C15H17F2NO3. The van der Waals surface area contributed by atoms with Gasteiger partial charge in [0.1, 0.15) is 0 Å². The zero-order valence-electron chi connectivity index (χ0n) is 12.2. The van der Waals surface area contributed by atoms with Crippen molar-refractivity contribution in [3.05, 3.63) is 35.5 Å². The van der Waals surface area contributed by atoms with Crippen LogP contribution in [0.4, 0.5) is 8.78 Å². The smallest absolute Gasteiger partial charge is 0.234 e. The van der Waals surface area contributed by atoms with E-state index in [9.17, 15) is 13.6 Å². The molecule has 0 N–H and O–H groups in total. The summed E-state index contributed by atoms with van der Waals surface area (Å²) in [5, 5.41) is 0. The Hall–Kier alpha value is -2.11. The Labute approximate surface area is 121 Å². The summed E-state index contributed by atoms with van der Waals surface area (Å²) in [7, 11) is 2.56. The van der Waals surface area contributed by atoms with Gasteiger partial charge in [0.15, 0.2) is 23.1 Å². The highest BCUT2D eigenvalue weighted by atomic mass is 19.1. The maximum absolute atomic E-state index is 14.4. The predicted molar refractivity (Wildman–Crippen MR) is 73.3 cm³/mol. The van der Waals surface area contributed by atoms with Crippen LogP contribution in [0.15, 0.2) is 18.3 Å². The number of nitrogens with zero attached hydrogens (tertiary/aromatic N) is 1. The molecule has 114 valence electrons. The zero-order valence-corrected chi connectivity index (χ0v) is 12.2. The Morgan fingerprint density at radius 1 is 1.24 bits per heavy atom. The molecule has 0 saturated heterocycles. The number of carbonyl (C=O) groups excluding carboxylic acids is 1. The standard InChI is InChI=1S/C15H17F2NO3/c1-4-18-7-5-6-9(15(18)19)12-13(16)10(20-2)8-11(21-3)14(12)17/h5,7-9H,4,6H2,1-3H3. The first kappa shape index (κ1) is 15.3. The van der Waals surface area contributed by atoms with E-state index >= 15 is 0 Å². The predicted octanol–water partition coefficient (Wildman–Crippen LogP) is 2.83. The quantitative estimate of drug-likeness (QED) is 0.858. The fourth-order valence-electron chi connectivity index (χ4n) is 2.41. The molecule has 0 saturated carbocycles. The molecule has 2 rings (SSSR count). The monoisotopic (exact) mass is 297 g/mol. The summed E-state index contributed by atoms with van der Waals surface area (Å²) >= 11 is 0. The minimum atomic E-state index is -0.918. The van der Waals surface area contributed by atoms with Crippen molar-refractivity contribution in [2.24, 2.45) is 0 Å². The number of halogens is 2. The van der Waals surface area contributed by atoms with Gasteiger partial charge in [0.05, 0.1) is 20.1 Å². The number of rotatable bonds is 4. The number of amides is 1. The number of allylic oxidation sites excluding steroid dienone is 1. The van der Waals surface area contributed by atoms with Crippen molar-refractivity contribution >= 4 is 5.91 Å². The largest absolute Gasteiger partial charge is 0.494 e. The van der Waals surface area contributed by atoms with Crippen LogP contribution in [0, 0.1) is 11.6 Å². The van der Waals surface area contributed by atoms with E-state index in [1.807, 2.05) is 0 Å². The van der Waals surface area contributed by atoms with Crippen LogP contribution in [-0.4, -0.2) is 31.6 Å². The normalized spacial score (nSPS) is 18.0. The lowest BCUT2D eigenvalue weighted by Crippen LogP contribution is -2.34. The van der Waals surface area contributed by atoms with Gasteiger partial charge in [-0.05, 0) is 13.3 Å². The topological polar surface area (TPSA) is 38.8 Å². The van der Waals surface area contributed by atoms with Crippen molar-refractivity contribution in [2.75, 3.05) is 20.8 Å². The van der Waals surface area contributed by atoms with Gasteiger partial charge in [-0.15, -0.1) is 0 Å². The van der Waals surface area contributed by atoms with Gasteiger partial charge in [-0.3, -0.25) is 4.79 Å². The third kappa shape index (κ3) is 2.57. The molecule has 1 heterocycles. The summed E-state index contributed by atoms with van der Waals surface area (Å²) in [4.78, 5) is 13.7. The maximum atomic E-state index is 14.4. The number of benzene rings is 1. The van der Waals surface area contributed by atoms with Crippen LogP contribution in [0.3, 0.4) is 0 Å². The highest BCUT2D eigenvalue weighted by molar-refractivity contribution is 5.86. The van der Waals surface area contributed by atoms with Crippen molar-refractivity contribution < 1.29 is 23.0 Å². The lowest BCUT2D eigenvalue weighted by molar-refractivity contribution is -0.130. The number of hydrogen-bond donors (Lipinski definition) is 0. The van der Waals surface area contributed by atoms with Gasteiger partial charge < -0.3 is 14.4 Å². The van der Waals surface area contributed by atoms with E-state index in [4.69, 9.17) is 9.47 Å². The molecule has 0 aromatic heterocycles. The average molecular weight is 297 g/mol. The number of likely N-dealkylation sites (N-methyl/N-ethyl adjacent to an activating group) is 1. The highest BCUT2D eigenvalue weighted by Gasteiger charge is 2.34. The summed E-state index contributed by atoms with van der Waals surface area (Å²) in [6.07, 6.45) is 3.59. The second-order valence-corrected chi connectivity index (χ2v) is 4.62. The van der Waals surface area contributed by atoms with Crippen LogP contribution >= 0.6 is 0 Å². The van der Waals surface area contributed by atoms with Crippen molar-refractivity contribution in [3.8, 4) is 11.5 Å². The molecule has 0 radical (unpaired) electrons. The fraction of sp³-hybridized carbons (Fsp3) is 0.400. The van der Waals surface area contributed by atoms with Crippen LogP contribution in [0.1, 0.15) is 24.8 Å². The van der Waals surface area contributed by atoms with E-state index in [2.05, 4.69) is 0 Å². The molecule has 1 atom stereocenters. The number of carbonyl (C=O) groups is 1. The van der Waals surface area contributed by atoms with Crippen LogP contribution in [0.2, 0.25) is 0 Å². The molecule has 1 aromatic rings. The van der Waals surface area contributed by atoms with Crippen LogP contribution in [0.25, 0.3) is 0 Å². The van der Waals surface area contributed by atoms with E-state index in [-0.39, 0.29) is 29.4 Å². The first-order valence-corrected chi connectivity index (χ1v) is 6.62. The molecule has 1 aliphatic rings. The van der Waals surface area contributed by atoms with Gasteiger partial charge in [0.2, 0.25) is 5.91 Å². The summed E-state index contributed by atoms with van der Waals surface area (Å²) in [5.41, 5.74) is -0.306. The molecule has 1 amide bonds. The third-order valence-corrected chi connectivity index (χ3v) is 3.54. The molecule has 6 heteroatoms. The molecule has 21 heavy (non-hydrogen) atoms. The fourth-order valence-corrected chi connectivity index (χ4v) is 2.41. The summed E-state index contributed by atoms with van der Waals surface area (Å²) in [6.45, 7) is 2.24. The summed E-state index contributed by atoms with van der Waals surface area (Å²) in [6, 6.07) is 1.13. The van der Waals surface area contributed by atoms with Gasteiger partial charge in [0, 0.05) is 24.4 Å². The zero-order chi connectivity index (χ0) is 15.6. The van der Waals surface area contributed by atoms with Crippen molar-refractivity contribution in [3.63, 3.8) is 0 Å². The third-order valence-electron chi connectivity index (χ3n) is 3.54. The van der Waals surface area contributed by atoms with Crippen molar-refractivity contribution in [1.29, 1.82) is 0 Å². The molecule has 0 spiro atoms. The molecule has 1 aromatic carbocycles. The van der Waals surface area contributed by atoms with Gasteiger partial charge in [-0.25, -0.2) is 8.78 Å². The lowest BCUT2D eigenvalue weighted by atomic mass is 9.90. The Kier molecular flexibility index (Phi) is 4.45. The summed E-state index contributed by atoms with van der Waals surface area (Å²) < 4.78 is 38.6.